The van der Waals surface area contributed by atoms with Crippen LogP contribution in [0.2, 0.25) is 0 Å². The van der Waals surface area contributed by atoms with Crippen LogP contribution in [0.4, 0.5) is 16.2 Å². The first-order chi connectivity index (χ1) is 21.4. The minimum atomic E-state index is -3.57. The molecule has 0 aliphatic heterocycles. The second kappa shape index (κ2) is 13.7. The van der Waals surface area contributed by atoms with Crippen molar-refractivity contribution in [1.82, 2.24) is 19.5 Å². The highest BCUT2D eigenvalue weighted by Crippen LogP contribution is 2.41. The van der Waals surface area contributed by atoms with Gasteiger partial charge in [-0.25, -0.2) is 32.4 Å². The molecule has 1 aliphatic carbocycles. The Balaban J connectivity index is 1.82. The molecule has 15 heteroatoms. The van der Waals surface area contributed by atoms with Gasteiger partial charge in [0.2, 0.25) is 15.9 Å². The van der Waals surface area contributed by atoms with Crippen molar-refractivity contribution in [3.8, 4) is 29.4 Å². The summed E-state index contributed by atoms with van der Waals surface area (Å²) < 4.78 is 38.9. The van der Waals surface area contributed by atoms with E-state index in [1.165, 1.54) is 15.5 Å². The maximum Gasteiger partial charge on any atom is 0.415 e. The first kappa shape index (κ1) is 32.8. The molecule has 1 fully saturated rings. The van der Waals surface area contributed by atoms with Crippen LogP contribution in [0.5, 0.6) is 5.88 Å². The molecule has 236 valence electrons. The topological polar surface area (TPSA) is 187 Å². The van der Waals surface area contributed by atoms with Crippen molar-refractivity contribution in [3.63, 3.8) is 0 Å². The van der Waals surface area contributed by atoms with Gasteiger partial charge in [-0.05, 0) is 42.7 Å². The number of hydrogen-bond acceptors (Lipinski definition) is 9. The van der Waals surface area contributed by atoms with Gasteiger partial charge in [0.05, 0.1) is 37.8 Å². The molecule has 0 radical (unpaired) electrons. The van der Waals surface area contributed by atoms with Gasteiger partial charge in [0.25, 0.3) is 5.69 Å². The molecular weight excluding hydrogens is 600 g/mol. The molecule has 14 nitrogen and oxygen atoms in total. The summed E-state index contributed by atoms with van der Waals surface area (Å²) in [6, 6.07) is 10.2. The fourth-order valence-electron chi connectivity index (χ4n) is 5.85. The molecule has 1 aliphatic rings. The van der Waals surface area contributed by atoms with Crippen molar-refractivity contribution in [2.24, 2.45) is 17.8 Å². The minimum absolute atomic E-state index is 0.0141. The van der Waals surface area contributed by atoms with E-state index in [1.54, 1.807) is 18.2 Å². The van der Waals surface area contributed by atoms with Gasteiger partial charge in [0, 0.05) is 24.3 Å². The molecule has 1 aromatic carbocycles. The van der Waals surface area contributed by atoms with E-state index < -0.39 is 28.2 Å². The van der Waals surface area contributed by atoms with Crippen LogP contribution < -0.4 is 9.46 Å². The number of fused-ring (bicyclic) bond motifs is 1. The van der Waals surface area contributed by atoms with Gasteiger partial charge in [-0.3, -0.25) is 9.82 Å². The molecule has 4 rings (SSSR count). The molecule has 2 N–H and O–H groups in total. The summed E-state index contributed by atoms with van der Waals surface area (Å²) in [4.78, 5) is 36.3. The van der Waals surface area contributed by atoms with Crippen LogP contribution in [-0.2, 0) is 14.8 Å². The predicted molar refractivity (Wildman–Crippen MR) is 164 cm³/mol. The Morgan fingerprint density at radius 1 is 1.18 bits per heavy atom. The number of anilines is 1. The van der Waals surface area contributed by atoms with Crippen molar-refractivity contribution in [2.75, 3.05) is 24.1 Å². The number of carbonyl (C=O) groups is 2. The van der Waals surface area contributed by atoms with Crippen LogP contribution in [0.1, 0.15) is 56.8 Å². The van der Waals surface area contributed by atoms with Crippen LogP contribution in [0.3, 0.4) is 0 Å². The van der Waals surface area contributed by atoms with Gasteiger partial charge in [-0.2, -0.15) is 10.5 Å². The van der Waals surface area contributed by atoms with Crippen LogP contribution in [-0.4, -0.2) is 65.4 Å². The van der Waals surface area contributed by atoms with Crippen molar-refractivity contribution in [2.45, 2.75) is 52.6 Å². The highest BCUT2D eigenvalue weighted by atomic mass is 32.2. The molecule has 2 heterocycles. The lowest BCUT2D eigenvalue weighted by Gasteiger charge is -2.37. The summed E-state index contributed by atoms with van der Waals surface area (Å²) in [5.41, 5.74) is 0.177. The minimum Gasteiger partial charge on any atom is -0.459 e. The Bertz CT molecular complexity index is 1800. The van der Waals surface area contributed by atoms with Crippen LogP contribution in [0, 0.1) is 47.0 Å². The van der Waals surface area contributed by atoms with E-state index in [4.69, 9.17) is 26.6 Å². The number of nitrogens with zero attached hydrogens (tertiary/aromatic N) is 6. The van der Waals surface area contributed by atoms with Gasteiger partial charge in [0.1, 0.15) is 11.7 Å². The Morgan fingerprint density at radius 3 is 2.40 bits per heavy atom. The zero-order valence-electron chi connectivity index (χ0n) is 25.4. The van der Waals surface area contributed by atoms with E-state index in [0.29, 0.717) is 11.5 Å². The summed E-state index contributed by atoms with van der Waals surface area (Å²) in [6.07, 6.45) is 1.41. The van der Waals surface area contributed by atoms with Crippen molar-refractivity contribution in [1.29, 1.82) is 10.5 Å². The van der Waals surface area contributed by atoms with Crippen molar-refractivity contribution >= 4 is 39.1 Å². The van der Waals surface area contributed by atoms with Crippen LogP contribution in [0.25, 0.3) is 21.9 Å². The second-order valence-electron chi connectivity index (χ2n) is 11.4. The third-order valence-electron chi connectivity index (χ3n) is 7.61. The highest BCUT2D eigenvalue weighted by Gasteiger charge is 2.37. The molecular formula is C30H34N8O6S. The first-order valence-electron chi connectivity index (χ1n) is 14.4. The number of nitrogens with one attached hydrogen (secondary N) is 2. The zero-order chi connectivity index (χ0) is 32.9. The van der Waals surface area contributed by atoms with Gasteiger partial charge < -0.3 is 14.4 Å². The number of benzene rings is 1. The summed E-state index contributed by atoms with van der Waals surface area (Å²) in [7, 11) is -3.57. The van der Waals surface area contributed by atoms with E-state index >= 15 is 0 Å². The number of hydrogen-bond donors (Lipinski definition) is 2. The molecule has 2 atom stereocenters. The fraction of sp³-hybridized carbons (Fsp3) is 0.467. The van der Waals surface area contributed by atoms with Crippen LogP contribution in [0.15, 0.2) is 24.3 Å². The molecule has 0 saturated heterocycles. The average molecular weight is 635 g/mol. The van der Waals surface area contributed by atoms with Gasteiger partial charge in [-0.1, -0.05) is 32.9 Å². The number of ether oxygens (including phenoxy) is 2. The van der Waals surface area contributed by atoms with E-state index in [2.05, 4.69) is 26.6 Å². The van der Waals surface area contributed by atoms with Crippen molar-refractivity contribution < 1.29 is 27.5 Å². The Hall–Kier alpha value is -5.07. The molecule has 0 bridgehead atoms. The predicted octanol–water partition coefficient (Wildman–Crippen LogP) is 5.11. The fourth-order valence-corrected chi connectivity index (χ4v) is 6.41. The summed E-state index contributed by atoms with van der Waals surface area (Å²) in [6.45, 7) is 14.1. The summed E-state index contributed by atoms with van der Waals surface area (Å²) in [5, 5.41) is 21.0. The monoisotopic (exact) mass is 634 g/mol. The smallest absolute Gasteiger partial charge is 0.415 e. The molecule has 1 amide bonds. The second-order valence-corrected chi connectivity index (χ2v) is 13.1. The average Bonchev–Trinajstić information content (AvgIpc) is 3.51. The summed E-state index contributed by atoms with van der Waals surface area (Å²) in [5.74, 6) is -0.304. The number of esters is 1. The molecule has 1 saturated carbocycles. The lowest BCUT2D eigenvalue weighted by molar-refractivity contribution is -0.0249. The van der Waals surface area contributed by atoms with E-state index in [9.17, 15) is 18.0 Å². The molecule has 2 unspecified atom stereocenters. The van der Waals surface area contributed by atoms with Gasteiger partial charge in [-0.15, -0.1) is 0 Å². The molecule has 3 aromatic rings. The SMILES string of the molecule is [C-]#[N+]c1c(C(=O)OC2C(C)CC(C)CC2C)c2nc(-c3cccc(NS(C)(=O)=O)c3)[nH]n2c1OC(=O)N(CCC#N)CCC#N. The van der Waals surface area contributed by atoms with E-state index in [-0.39, 0.29) is 72.1 Å². The number of carbonyl (C=O) groups excluding carboxylic acids is 2. The Kier molecular flexibility index (Phi) is 10.00. The zero-order valence-corrected chi connectivity index (χ0v) is 26.2. The van der Waals surface area contributed by atoms with Crippen molar-refractivity contribution in [3.05, 3.63) is 41.2 Å². The van der Waals surface area contributed by atoms with Gasteiger partial charge in [0.15, 0.2) is 11.5 Å². The molecule has 45 heavy (non-hydrogen) atoms. The Morgan fingerprint density at radius 2 is 1.82 bits per heavy atom. The van der Waals surface area contributed by atoms with E-state index in [0.717, 1.165) is 19.1 Å². The number of sulfonamides is 1. The summed E-state index contributed by atoms with van der Waals surface area (Å²) >= 11 is 0. The lowest BCUT2D eigenvalue weighted by atomic mass is 9.75. The van der Waals surface area contributed by atoms with Crippen LogP contribution >= 0.6 is 0 Å². The number of nitriles is 2. The maximum atomic E-state index is 13.8. The third kappa shape index (κ3) is 7.54. The number of H-pyrrole nitrogens is 1. The van der Waals surface area contributed by atoms with E-state index in [1.807, 2.05) is 26.0 Å². The number of rotatable bonds is 10. The number of aromatic nitrogens is 3. The first-order valence-corrected chi connectivity index (χ1v) is 16.3. The molecule has 2 aromatic heterocycles. The Labute approximate surface area is 261 Å². The standard InChI is InChI=1S/C30H34N8O6S/c1-18-15-19(2)25(20(3)16-18)43-29(39)23-24(33-4)28(44-30(40)37(13-7-11-31)14-8-12-32)38-27(23)34-26(35-38)21-9-6-10-22(17-21)36-45(5,41)42/h6,9-10,17-20,25,36H,7-8,13-16H2,1-3,5H3,(H,34,35). The maximum absolute atomic E-state index is 13.8. The number of amides is 1. The molecule has 0 spiro atoms. The lowest BCUT2D eigenvalue weighted by Crippen LogP contribution is -2.37. The normalized spacial score (nSPS) is 19.6. The largest absolute Gasteiger partial charge is 0.459 e. The highest BCUT2D eigenvalue weighted by molar-refractivity contribution is 7.92. The third-order valence-corrected chi connectivity index (χ3v) is 8.22. The van der Waals surface area contributed by atoms with Gasteiger partial charge >= 0.3 is 12.1 Å². The number of aromatic amines is 1. The quantitative estimate of drug-likeness (QED) is 0.226.